The summed E-state index contributed by atoms with van der Waals surface area (Å²) in [7, 11) is 1.73. The molecule has 5 heteroatoms. The highest BCUT2D eigenvalue weighted by Crippen LogP contribution is 2.26. The fourth-order valence-corrected chi connectivity index (χ4v) is 2.19. The molecule has 18 heavy (non-hydrogen) atoms. The van der Waals surface area contributed by atoms with Crippen LogP contribution in [-0.4, -0.2) is 15.6 Å². The van der Waals surface area contributed by atoms with Crippen molar-refractivity contribution >= 4 is 21.7 Å². The Bertz CT molecular complexity index is 627. The highest BCUT2D eigenvalue weighted by molar-refractivity contribution is 9.10. The summed E-state index contributed by atoms with van der Waals surface area (Å²) in [6.07, 6.45) is 1.68. The maximum atomic E-state index is 12.2. The molecule has 0 N–H and O–H groups in total. The van der Waals surface area contributed by atoms with Crippen molar-refractivity contribution < 1.29 is 4.79 Å². The van der Waals surface area contributed by atoms with E-state index in [4.69, 9.17) is 0 Å². The predicted molar refractivity (Wildman–Crippen MR) is 70.0 cm³/mol. The first kappa shape index (κ1) is 12.5. The molecular formula is C13H10BrN3O. The van der Waals surface area contributed by atoms with Crippen molar-refractivity contribution in [1.82, 2.24) is 9.78 Å². The molecule has 0 spiro atoms. The van der Waals surface area contributed by atoms with E-state index < -0.39 is 5.92 Å². The van der Waals surface area contributed by atoms with Crippen LogP contribution in [0.1, 0.15) is 22.0 Å². The molecule has 0 amide bonds. The third kappa shape index (κ3) is 2.34. The van der Waals surface area contributed by atoms with E-state index in [1.807, 2.05) is 18.2 Å². The molecule has 0 aliphatic carbocycles. The van der Waals surface area contributed by atoms with Crippen molar-refractivity contribution in [3.8, 4) is 6.07 Å². The lowest BCUT2D eigenvalue weighted by Gasteiger charge is -2.08. The Balaban J connectivity index is 2.39. The van der Waals surface area contributed by atoms with Crippen molar-refractivity contribution in [3.05, 3.63) is 52.3 Å². The fraction of sp³-hybridized carbons (Fsp3) is 0.154. The van der Waals surface area contributed by atoms with Gasteiger partial charge in [0.05, 0.1) is 6.07 Å². The van der Waals surface area contributed by atoms with Crippen LogP contribution >= 0.6 is 15.9 Å². The van der Waals surface area contributed by atoms with Gasteiger partial charge in [-0.2, -0.15) is 10.4 Å². The first-order chi connectivity index (χ1) is 8.63. The average Bonchev–Trinajstić information content (AvgIpc) is 2.79. The van der Waals surface area contributed by atoms with Crippen LogP contribution < -0.4 is 0 Å². The number of carbonyl (C=O) groups is 1. The SMILES string of the molecule is Cn1ccc(C(=O)C(C#N)c2ccccc2Br)n1. The summed E-state index contributed by atoms with van der Waals surface area (Å²) >= 11 is 3.35. The number of nitriles is 1. The van der Waals surface area contributed by atoms with E-state index in [0.29, 0.717) is 11.3 Å². The number of ketones is 1. The van der Waals surface area contributed by atoms with Crippen molar-refractivity contribution in [2.75, 3.05) is 0 Å². The van der Waals surface area contributed by atoms with Crippen LogP contribution in [0.3, 0.4) is 0 Å². The van der Waals surface area contributed by atoms with Gasteiger partial charge in [0.15, 0.2) is 0 Å². The van der Waals surface area contributed by atoms with Gasteiger partial charge >= 0.3 is 0 Å². The summed E-state index contributed by atoms with van der Waals surface area (Å²) in [6.45, 7) is 0. The summed E-state index contributed by atoms with van der Waals surface area (Å²) in [5, 5.41) is 13.3. The largest absolute Gasteiger partial charge is 0.290 e. The first-order valence-corrected chi connectivity index (χ1v) is 6.10. The van der Waals surface area contributed by atoms with Gasteiger partial charge in [-0.15, -0.1) is 0 Å². The monoisotopic (exact) mass is 303 g/mol. The van der Waals surface area contributed by atoms with E-state index in [1.54, 1.807) is 36.1 Å². The highest BCUT2D eigenvalue weighted by Gasteiger charge is 2.25. The Kier molecular flexibility index (Phi) is 3.58. The van der Waals surface area contributed by atoms with Crippen LogP contribution in [-0.2, 0) is 7.05 Å². The van der Waals surface area contributed by atoms with Gasteiger partial charge in [0.2, 0.25) is 5.78 Å². The summed E-state index contributed by atoms with van der Waals surface area (Å²) < 4.78 is 2.29. The Morgan fingerprint density at radius 2 is 2.17 bits per heavy atom. The maximum absolute atomic E-state index is 12.2. The second-order valence-corrected chi connectivity index (χ2v) is 4.68. The molecule has 0 aliphatic heterocycles. The summed E-state index contributed by atoms with van der Waals surface area (Å²) in [4.78, 5) is 12.2. The molecule has 0 saturated heterocycles. The lowest BCUT2D eigenvalue weighted by molar-refractivity contribution is 0.0973. The van der Waals surface area contributed by atoms with Crippen molar-refractivity contribution in [1.29, 1.82) is 5.26 Å². The summed E-state index contributed by atoms with van der Waals surface area (Å²) in [5.41, 5.74) is 0.968. The minimum atomic E-state index is -0.838. The van der Waals surface area contributed by atoms with Gasteiger partial charge in [0.1, 0.15) is 11.6 Å². The highest BCUT2D eigenvalue weighted by atomic mass is 79.9. The second-order valence-electron chi connectivity index (χ2n) is 3.82. The van der Waals surface area contributed by atoms with Gasteiger partial charge < -0.3 is 0 Å². The molecule has 1 unspecified atom stereocenters. The molecule has 2 rings (SSSR count). The number of aromatic nitrogens is 2. The molecule has 4 nitrogen and oxygen atoms in total. The number of nitrogens with zero attached hydrogens (tertiary/aromatic N) is 3. The minimum Gasteiger partial charge on any atom is -0.290 e. The molecule has 0 aliphatic rings. The molecular weight excluding hydrogens is 294 g/mol. The number of halogens is 1. The van der Waals surface area contributed by atoms with E-state index in [0.717, 1.165) is 4.47 Å². The van der Waals surface area contributed by atoms with Crippen LogP contribution in [0, 0.1) is 11.3 Å². The topological polar surface area (TPSA) is 58.7 Å². The van der Waals surface area contributed by atoms with Crippen LogP contribution in [0.25, 0.3) is 0 Å². The number of hydrogen-bond acceptors (Lipinski definition) is 3. The Morgan fingerprint density at radius 1 is 1.44 bits per heavy atom. The van der Waals surface area contributed by atoms with E-state index in [9.17, 15) is 10.1 Å². The Labute approximate surface area is 113 Å². The molecule has 0 radical (unpaired) electrons. The molecule has 2 aromatic rings. The molecule has 90 valence electrons. The lowest BCUT2D eigenvalue weighted by Crippen LogP contribution is -2.12. The van der Waals surface area contributed by atoms with Crippen molar-refractivity contribution in [2.45, 2.75) is 5.92 Å². The van der Waals surface area contributed by atoms with Gasteiger partial charge in [-0.05, 0) is 17.7 Å². The average molecular weight is 304 g/mol. The lowest BCUT2D eigenvalue weighted by atomic mass is 9.94. The number of rotatable bonds is 3. The predicted octanol–water partition coefficient (Wildman–Crippen LogP) is 2.67. The molecule has 0 bridgehead atoms. The third-order valence-corrected chi connectivity index (χ3v) is 3.30. The van der Waals surface area contributed by atoms with Crippen LogP contribution in [0.2, 0.25) is 0 Å². The Hall–Kier alpha value is -1.93. The zero-order valence-electron chi connectivity index (χ0n) is 9.67. The molecule has 1 heterocycles. The van der Waals surface area contributed by atoms with E-state index in [2.05, 4.69) is 21.0 Å². The van der Waals surface area contributed by atoms with Gasteiger partial charge in [0, 0.05) is 17.7 Å². The van der Waals surface area contributed by atoms with Crippen LogP contribution in [0.4, 0.5) is 0 Å². The number of aryl methyl sites for hydroxylation is 1. The zero-order chi connectivity index (χ0) is 13.1. The van der Waals surface area contributed by atoms with Crippen molar-refractivity contribution in [2.24, 2.45) is 7.05 Å². The number of Topliss-reactive ketones (excluding diaryl/α,β-unsaturated/α-hetero) is 1. The summed E-state index contributed by atoms with van der Waals surface area (Å²) in [5.74, 6) is -1.12. The standard InChI is InChI=1S/C13H10BrN3O/c1-17-7-6-12(16-17)13(18)10(8-15)9-4-2-3-5-11(9)14/h2-7,10H,1H3. The zero-order valence-corrected chi connectivity index (χ0v) is 11.3. The minimum absolute atomic E-state index is 0.287. The summed E-state index contributed by atoms with van der Waals surface area (Å²) in [6, 6.07) is 10.9. The fourth-order valence-electron chi connectivity index (χ4n) is 1.67. The smallest absolute Gasteiger partial charge is 0.204 e. The van der Waals surface area contributed by atoms with Gasteiger partial charge in [-0.25, -0.2) is 0 Å². The van der Waals surface area contributed by atoms with E-state index >= 15 is 0 Å². The maximum Gasteiger partial charge on any atom is 0.204 e. The second kappa shape index (κ2) is 5.15. The molecule has 1 atom stereocenters. The van der Waals surface area contributed by atoms with Crippen molar-refractivity contribution in [3.63, 3.8) is 0 Å². The Morgan fingerprint density at radius 3 is 2.72 bits per heavy atom. The van der Waals surface area contributed by atoms with Crippen LogP contribution in [0.5, 0.6) is 0 Å². The van der Waals surface area contributed by atoms with Gasteiger partial charge in [0.25, 0.3) is 0 Å². The normalized spacial score (nSPS) is 11.8. The van der Waals surface area contributed by atoms with E-state index in [-0.39, 0.29) is 5.78 Å². The molecule has 0 saturated carbocycles. The van der Waals surface area contributed by atoms with Gasteiger partial charge in [-0.3, -0.25) is 9.48 Å². The number of benzene rings is 1. The molecule has 1 aromatic carbocycles. The molecule has 0 fully saturated rings. The molecule has 1 aromatic heterocycles. The third-order valence-electron chi connectivity index (χ3n) is 2.57. The number of carbonyl (C=O) groups excluding carboxylic acids is 1. The first-order valence-electron chi connectivity index (χ1n) is 5.31. The van der Waals surface area contributed by atoms with E-state index in [1.165, 1.54) is 0 Å². The van der Waals surface area contributed by atoms with Crippen LogP contribution in [0.15, 0.2) is 41.0 Å². The van der Waals surface area contributed by atoms with Gasteiger partial charge in [-0.1, -0.05) is 34.1 Å². The number of hydrogen-bond donors (Lipinski definition) is 0. The quantitative estimate of drug-likeness (QED) is 0.819.